The fourth-order valence-corrected chi connectivity index (χ4v) is 4.78. The first kappa shape index (κ1) is 16.8. The van der Waals surface area contributed by atoms with Gasteiger partial charge in [-0.2, -0.15) is 9.78 Å². The van der Waals surface area contributed by atoms with Crippen LogP contribution in [0.15, 0.2) is 36.9 Å². The van der Waals surface area contributed by atoms with E-state index < -0.39 is 5.41 Å². The minimum Gasteiger partial charge on any atom is -0.340 e. The zero-order valence-electron chi connectivity index (χ0n) is 16.2. The molecule has 5 heterocycles. The second-order valence-corrected chi connectivity index (χ2v) is 7.53. The molecule has 2 amide bonds. The summed E-state index contributed by atoms with van der Waals surface area (Å²) in [7, 11) is 1.74. The van der Waals surface area contributed by atoms with E-state index in [1.165, 1.54) is 12.7 Å². The van der Waals surface area contributed by atoms with Crippen LogP contribution < -0.4 is 10.2 Å². The number of aromatic nitrogens is 6. The first-order valence-electron chi connectivity index (χ1n) is 9.44. The molecule has 0 unspecified atom stereocenters. The maximum atomic E-state index is 13.6. The van der Waals surface area contributed by atoms with Gasteiger partial charge in [-0.3, -0.25) is 9.59 Å². The molecular formula is C20H16N8O2. The van der Waals surface area contributed by atoms with Gasteiger partial charge in [0, 0.05) is 24.7 Å². The van der Waals surface area contributed by atoms with Gasteiger partial charge in [-0.05, 0) is 18.6 Å². The molecule has 0 saturated heterocycles. The van der Waals surface area contributed by atoms with E-state index in [0.717, 1.165) is 11.3 Å². The van der Waals surface area contributed by atoms with Crippen molar-refractivity contribution in [2.75, 3.05) is 17.3 Å². The van der Waals surface area contributed by atoms with E-state index in [2.05, 4.69) is 30.4 Å². The molecule has 2 N–H and O–H groups in total. The molecule has 10 heteroatoms. The Balaban J connectivity index is 1.69. The van der Waals surface area contributed by atoms with E-state index in [-0.39, 0.29) is 18.2 Å². The number of aromatic amines is 1. The van der Waals surface area contributed by atoms with Crippen molar-refractivity contribution in [1.82, 2.24) is 29.7 Å². The molecule has 0 aliphatic carbocycles. The van der Waals surface area contributed by atoms with Crippen LogP contribution in [0.1, 0.15) is 23.2 Å². The lowest BCUT2D eigenvalue weighted by atomic mass is 9.70. The number of amides is 2. The minimum atomic E-state index is -1.12. The van der Waals surface area contributed by atoms with Crippen LogP contribution in [0.4, 0.5) is 11.5 Å². The fraction of sp³-hybridized carbons (Fsp3) is 0.200. The lowest BCUT2D eigenvalue weighted by molar-refractivity contribution is -0.126. The zero-order valence-corrected chi connectivity index (χ0v) is 16.2. The Kier molecular flexibility index (Phi) is 3.09. The number of imidazole rings is 1. The quantitative estimate of drug-likeness (QED) is 0.499. The predicted molar refractivity (Wildman–Crippen MR) is 107 cm³/mol. The number of benzene rings is 1. The lowest BCUT2D eigenvalue weighted by Crippen LogP contribution is -2.46. The van der Waals surface area contributed by atoms with Crippen LogP contribution in [0.2, 0.25) is 0 Å². The fourth-order valence-electron chi connectivity index (χ4n) is 4.78. The summed E-state index contributed by atoms with van der Waals surface area (Å²) in [6, 6.07) is 7.58. The van der Waals surface area contributed by atoms with Crippen LogP contribution >= 0.6 is 0 Å². The normalized spacial score (nSPS) is 20.0. The molecule has 1 aromatic carbocycles. The van der Waals surface area contributed by atoms with Crippen LogP contribution in [0.25, 0.3) is 17.0 Å². The summed E-state index contributed by atoms with van der Waals surface area (Å²) < 4.78 is 1.56. The van der Waals surface area contributed by atoms with Crippen molar-refractivity contribution in [1.29, 1.82) is 0 Å². The number of carbonyl (C=O) groups is 2. The average molecular weight is 400 g/mol. The van der Waals surface area contributed by atoms with Gasteiger partial charge in [0.05, 0.1) is 12.0 Å². The Hall–Kier alpha value is -4.08. The number of hydrogen-bond donors (Lipinski definition) is 2. The van der Waals surface area contributed by atoms with Gasteiger partial charge in [-0.1, -0.05) is 18.2 Å². The third kappa shape index (κ3) is 1.87. The highest BCUT2D eigenvalue weighted by atomic mass is 16.2. The Labute approximate surface area is 170 Å². The van der Waals surface area contributed by atoms with Gasteiger partial charge in [-0.15, -0.1) is 0 Å². The minimum absolute atomic E-state index is 0.0238. The van der Waals surface area contributed by atoms with Crippen LogP contribution in [-0.4, -0.2) is 48.6 Å². The predicted octanol–water partition coefficient (Wildman–Crippen LogP) is 1.45. The third-order valence-corrected chi connectivity index (χ3v) is 5.97. The van der Waals surface area contributed by atoms with Crippen molar-refractivity contribution in [3.05, 3.63) is 53.7 Å². The highest BCUT2D eigenvalue weighted by Crippen LogP contribution is 2.53. The van der Waals surface area contributed by atoms with Gasteiger partial charge in [0.25, 0.3) is 0 Å². The van der Waals surface area contributed by atoms with Gasteiger partial charge in [0.15, 0.2) is 11.5 Å². The summed E-state index contributed by atoms with van der Waals surface area (Å²) in [6.07, 6.45) is 2.94. The summed E-state index contributed by atoms with van der Waals surface area (Å²) in [4.78, 5) is 43.8. The van der Waals surface area contributed by atoms with Gasteiger partial charge in [0.2, 0.25) is 11.8 Å². The van der Waals surface area contributed by atoms with Gasteiger partial charge >= 0.3 is 0 Å². The summed E-state index contributed by atoms with van der Waals surface area (Å²) in [5, 5.41) is 7.59. The molecule has 0 fully saturated rings. The van der Waals surface area contributed by atoms with E-state index in [0.29, 0.717) is 34.1 Å². The molecule has 148 valence electrons. The highest BCUT2D eigenvalue weighted by molar-refractivity contribution is 6.15. The Morgan fingerprint density at radius 1 is 1.13 bits per heavy atom. The molecule has 6 rings (SSSR count). The van der Waals surface area contributed by atoms with E-state index in [1.807, 2.05) is 31.2 Å². The van der Waals surface area contributed by atoms with E-state index >= 15 is 0 Å². The van der Waals surface area contributed by atoms with Crippen LogP contribution in [0.3, 0.4) is 0 Å². The van der Waals surface area contributed by atoms with Crippen LogP contribution in [0.5, 0.6) is 0 Å². The number of aryl methyl sites for hydroxylation is 1. The molecular weight excluding hydrogens is 384 g/mol. The number of carbonyl (C=O) groups excluding carboxylic acids is 2. The monoisotopic (exact) mass is 400 g/mol. The Morgan fingerprint density at radius 2 is 1.97 bits per heavy atom. The average Bonchev–Trinajstić information content (AvgIpc) is 3.41. The topological polar surface area (TPSA) is 122 Å². The van der Waals surface area contributed by atoms with E-state index in [9.17, 15) is 9.59 Å². The second kappa shape index (κ2) is 5.50. The standard InChI is InChI=1S/C20H16N8O2/c1-10-14-17(28(26-10)18-15-16(22-8-21-15)23-9-24-18)25-13(29)7-20(14)11-5-3-4-6-12(11)27(2)19(20)30/h3-6,8-9H,7H2,1-2H3,(H,25,29)(H,21,22,23,24)/t20-/m1/s1. The maximum Gasteiger partial charge on any atom is 0.242 e. The Morgan fingerprint density at radius 3 is 2.83 bits per heavy atom. The molecule has 30 heavy (non-hydrogen) atoms. The molecule has 1 atom stereocenters. The summed E-state index contributed by atoms with van der Waals surface area (Å²) >= 11 is 0. The number of hydrogen-bond acceptors (Lipinski definition) is 6. The number of nitrogens with one attached hydrogen (secondary N) is 2. The number of likely N-dealkylation sites (N-methyl/N-ethyl adjacent to an activating group) is 1. The van der Waals surface area contributed by atoms with Crippen molar-refractivity contribution < 1.29 is 9.59 Å². The number of fused-ring (bicyclic) bond motifs is 5. The van der Waals surface area contributed by atoms with E-state index in [4.69, 9.17) is 0 Å². The number of H-pyrrole nitrogens is 1. The van der Waals surface area contributed by atoms with Gasteiger partial charge in [0.1, 0.15) is 23.1 Å². The van der Waals surface area contributed by atoms with Crippen molar-refractivity contribution in [3.8, 4) is 5.82 Å². The van der Waals surface area contributed by atoms with E-state index in [1.54, 1.807) is 16.6 Å². The molecule has 3 aromatic heterocycles. The zero-order chi connectivity index (χ0) is 20.6. The van der Waals surface area contributed by atoms with Crippen LogP contribution in [-0.2, 0) is 15.0 Å². The first-order valence-corrected chi connectivity index (χ1v) is 9.44. The molecule has 4 aromatic rings. The van der Waals surface area contributed by atoms with Crippen molar-refractivity contribution in [2.24, 2.45) is 0 Å². The molecule has 0 radical (unpaired) electrons. The SMILES string of the molecule is Cc1nn(-c2ncnc3nc[nH]c23)c2c1[C@]1(CC(=O)N2)C(=O)N(C)c2ccccc21. The smallest absolute Gasteiger partial charge is 0.242 e. The van der Waals surface area contributed by atoms with Crippen molar-refractivity contribution in [2.45, 2.75) is 18.8 Å². The number of para-hydroxylation sites is 1. The maximum absolute atomic E-state index is 13.6. The van der Waals surface area contributed by atoms with Gasteiger partial charge in [-0.25, -0.2) is 15.0 Å². The summed E-state index contributed by atoms with van der Waals surface area (Å²) in [5.41, 5.74) is 2.91. The summed E-state index contributed by atoms with van der Waals surface area (Å²) in [6.45, 7) is 1.84. The summed E-state index contributed by atoms with van der Waals surface area (Å²) in [5.74, 6) is 0.497. The molecule has 0 bridgehead atoms. The van der Waals surface area contributed by atoms with Crippen LogP contribution in [0, 0.1) is 6.92 Å². The first-order chi connectivity index (χ1) is 14.5. The largest absolute Gasteiger partial charge is 0.340 e. The third-order valence-electron chi connectivity index (χ3n) is 5.97. The number of anilines is 2. The molecule has 10 nitrogen and oxygen atoms in total. The molecule has 2 aliphatic heterocycles. The van der Waals surface area contributed by atoms with Crippen molar-refractivity contribution in [3.63, 3.8) is 0 Å². The lowest BCUT2D eigenvalue weighted by Gasteiger charge is -2.32. The highest BCUT2D eigenvalue weighted by Gasteiger charge is 2.57. The molecule has 1 spiro atoms. The number of nitrogens with zero attached hydrogens (tertiary/aromatic N) is 6. The Bertz CT molecular complexity index is 1390. The second-order valence-electron chi connectivity index (χ2n) is 7.53. The molecule has 0 saturated carbocycles. The number of rotatable bonds is 1. The molecule has 2 aliphatic rings. The van der Waals surface area contributed by atoms with Gasteiger partial charge < -0.3 is 15.2 Å². The van der Waals surface area contributed by atoms with Crippen molar-refractivity contribution >= 4 is 34.5 Å².